The quantitative estimate of drug-likeness (QED) is 0.181. The highest BCUT2D eigenvalue weighted by Gasteiger charge is 2.21. The predicted molar refractivity (Wildman–Crippen MR) is 203 cm³/mol. The van der Waals surface area contributed by atoms with Crippen LogP contribution < -0.4 is 9.13 Å². The fourth-order valence-electron chi connectivity index (χ4n) is 7.21. The predicted octanol–water partition coefficient (Wildman–Crippen LogP) is 7.92. The van der Waals surface area contributed by atoms with Crippen molar-refractivity contribution in [3.8, 4) is 0 Å². The minimum atomic E-state index is 0.685. The lowest BCUT2D eigenvalue weighted by molar-refractivity contribution is -0.685. The zero-order valence-corrected chi connectivity index (χ0v) is 32.0. The first-order valence-electron chi connectivity index (χ1n) is 18.6. The van der Waals surface area contributed by atoms with Crippen molar-refractivity contribution in [1.29, 1.82) is 0 Å². The maximum atomic E-state index is 4.53. The lowest BCUT2D eigenvalue weighted by atomic mass is 10.1. The second-order valence-electron chi connectivity index (χ2n) is 14.8. The SMILES string of the molecule is CC1CCCN1C.CC1CCCN1C.Cc1ccc2c([n+]1C)CCC2.Cc1ccc2c(n1)C(C)CC2.Cc1ccc2ccccc2[n+]1C. The molecule has 5 nitrogen and oxygen atoms in total. The number of hydrogen-bond donors (Lipinski definition) is 0. The van der Waals surface area contributed by atoms with Gasteiger partial charge in [-0.3, -0.25) is 4.98 Å². The van der Waals surface area contributed by atoms with Gasteiger partial charge >= 0.3 is 0 Å². The molecule has 0 amide bonds. The van der Waals surface area contributed by atoms with Crippen LogP contribution in [-0.2, 0) is 33.4 Å². The van der Waals surface area contributed by atoms with Gasteiger partial charge in [-0.25, -0.2) is 4.57 Å². The number of para-hydroxylation sites is 1. The molecular weight excluding hydrogens is 587 g/mol. The average molecular weight is 652 g/mol. The van der Waals surface area contributed by atoms with Crippen LogP contribution >= 0.6 is 0 Å². The lowest BCUT2D eigenvalue weighted by Crippen LogP contribution is -2.36. The number of hydrogen-bond acceptors (Lipinski definition) is 3. The Hall–Kier alpha value is -3.15. The summed E-state index contributed by atoms with van der Waals surface area (Å²) in [4.78, 5) is 9.34. The van der Waals surface area contributed by atoms with Crippen LogP contribution in [0.4, 0.5) is 0 Å². The van der Waals surface area contributed by atoms with E-state index in [2.05, 4.69) is 154 Å². The third-order valence-corrected chi connectivity index (χ3v) is 11.3. The Kier molecular flexibility index (Phi) is 14.1. The van der Waals surface area contributed by atoms with E-state index in [1.165, 1.54) is 104 Å². The monoisotopic (exact) mass is 652 g/mol. The van der Waals surface area contributed by atoms with Crippen molar-refractivity contribution in [3.63, 3.8) is 0 Å². The molecule has 0 bridgehead atoms. The molecule has 3 aromatic heterocycles. The fraction of sp³-hybridized carbons (Fsp3) is 0.558. The summed E-state index contributed by atoms with van der Waals surface area (Å²) in [5.74, 6) is 0.685. The van der Waals surface area contributed by atoms with Gasteiger partial charge in [-0.05, 0) is 135 Å². The molecule has 2 fully saturated rings. The Morgan fingerprint density at radius 1 is 0.625 bits per heavy atom. The number of aryl methyl sites for hydroxylation is 6. The van der Waals surface area contributed by atoms with Crippen molar-refractivity contribution < 1.29 is 9.13 Å². The first kappa shape index (κ1) is 37.7. The third-order valence-electron chi connectivity index (χ3n) is 11.3. The van der Waals surface area contributed by atoms with Crippen molar-refractivity contribution in [2.75, 3.05) is 27.2 Å². The molecule has 3 unspecified atom stereocenters. The van der Waals surface area contributed by atoms with Gasteiger partial charge in [0.05, 0.1) is 0 Å². The first-order chi connectivity index (χ1) is 23.0. The maximum Gasteiger partial charge on any atom is 0.212 e. The van der Waals surface area contributed by atoms with Crippen LogP contribution in [0.15, 0.2) is 60.7 Å². The van der Waals surface area contributed by atoms with Crippen molar-refractivity contribution in [2.45, 2.75) is 117 Å². The molecule has 48 heavy (non-hydrogen) atoms. The van der Waals surface area contributed by atoms with Crippen molar-refractivity contribution in [1.82, 2.24) is 14.8 Å². The Morgan fingerprint density at radius 3 is 1.83 bits per heavy atom. The van der Waals surface area contributed by atoms with E-state index in [-0.39, 0.29) is 0 Å². The molecule has 8 rings (SSSR count). The highest BCUT2D eigenvalue weighted by molar-refractivity contribution is 5.75. The molecule has 4 aliphatic rings. The van der Waals surface area contributed by atoms with Crippen molar-refractivity contribution >= 4 is 10.9 Å². The van der Waals surface area contributed by atoms with Gasteiger partial charge in [0.25, 0.3) is 0 Å². The van der Waals surface area contributed by atoms with Crippen molar-refractivity contribution in [2.24, 2.45) is 14.1 Å². The molecule has 5 heterocycles. The number of rotatable bonds is 0. The average Bonchev–Trinajstić information content (AvgIpc) is 3.89. The smallest absolute Gasteiger partial charge is 0.212 e. The minimum absolute atomic E-state index is 0.685. The molecule has 0 N–H and O–H groups in total. The van der Waals surface area contributed by atoms with Crippen LogP contribution in [-0.4, -0.2) is 54.1 Å². The van der Waals surface area contributed by atoms with Crippen LogP contribution in [0.1, 0.15) is 105 Å². The standard InChI is InChI=1S/C11H12N.C10H13N.C10H14N.2C6H13N/c1-9-7-8-10-5-3-4-6-11(10)12(9)2;1-7-3-5-9-6-4-8(2)11-10(7)9;1-8-6-7-9-4-3-5-10(9)11(8)2;2*1-6-4-3-5-7(6)2/h3-8H,1-2H3;4,6-7H,3,5H2,1-2H3;6-7H,3-5H2,1-2H3;2*6H,3-5H2,1-2H3/q+1;;+1;;. The largest absolute Gasteiger partial charge is 0.304 e. The van der Waals surface area contributed by atoms with Crippen LogP contribution in [0.5, 0.6) is 0 Å². The third kappa shape index (κ3) is 10.2. The second kappa shape index (κ2) is 18.0. The fourth-order valence-corrected chi connectivity index (χ4v) is 7.21. The van der Waals surface area contributed by atoms with E-state index in [1.807, 2.05) is 0 Å². The van der Waals surface area contributed by atoms with Crippen LogP contribution in [0.2, 0.25) is 0 Å². The summed E-state index contributed by atoms with van der Waals surface area (Å²) in [5.41, 5.74) is 11.0. The van der Waals surface area contributed by atoms with E-state index in [4.69, 9.17) is 0 Å². The van der Waals surface area contributed by atoms with Crippen LogP contribution in [0.3, 0.4) is 0 Å². The molecule has 2 aliphatic heterocycles. The number of likely N-dealkylation sites (tertiary alicyclic amines) is 2. The number of pyridine rings is 3. The van der Waals surface area contributed by atoms with Crippen molar-refractivity contribution in [3.05, 3.63) is 100 Å². The van der Waals surface area contributed by atoms with Gasteiger partial charge in [-0.2, -0.15) is 4.57 Å². The number of fused-ring (bicyclic) bond motifs is 3. The summed E-state index contributed by atoms with van der Waals surface area (Å²) in [5, 5.41) is 1.30. The summed E-state index contributed by atoms with van der Waals surface area (Å²) in [6.07, 6.45) is 12.0. The Balaban J connectivity index is 0.000000138. The number of nitrogens with zero attached hydrogens (tertiary/aromatic N) is 5. The van der Waals surface area contributed by atoms with Gasteiger partial charge in [-0.15, -0.1) is 0 Å². The summed E-state index contributed by atoms with van der Waals surface area (Å²) < 4.78 is 4.53. The Morgan fingerprint density at radius 2 is 1.23 bits per heavy atom. The van der Waals surface area contributed by atoms with Gasteiger partial charge in [0, 0.05) is 72.9 Å². The first-order valence-corrected chi connectivity index (χ1v) is 18.6. The molecule has 5 heteroatoms. The molecule has 0 spiro atoms. The zero-order valence-electron chi connectivity index (χ0n) is 32.0. The zero-order chi connectivity index (χ0) is 34.8. The molecule has 1 aromatic carbocycles. The molecular formula is C43H65N5+2. The normalized spacial score (nSPS) is 21.1. The van der Waals surface area contributed by atoms with E-state index >= 15 is 0 Å². The van der Waals surface area contributed by atoms with E-state index in [0.29, 0.717) is 5.92 Å². The van der Waals surface area contributed by atoms with Gasteiger partial charge in [0.1, 0.15) is 14.1 Å². The number of aromatic nitrogens is 3. The van der Waals surface area contributed by atoms with E-state index in [9.17, 15) is 0 Å². The van der Waals surface area contributed by atoms with Gasteiger partial charge in [0.2, 0.25) is 5.52 Å². The molecule has 2 saturated heterocycles. The van der Waals surface area contributed by atoms with Gasteiger partial charge in [-0.1, -0.05) is 25.1 Å². The number of benzene rings is 1. The van der Waals surface area contributed by atoms with E-state index < -0.39 is 0 Å². The molecule has 260 valence electrons. The molecule has 0 saturated carbocycles. The van der Waals surface area contributed by atoms with Gasteiger partial charge in [0.15, 0.2) is 17.1 Å². The van der Waals surface area contributed by atoms with Gasteiger partial charge < -0.3 is 9.80 Å². The van der Waals surface area contributed by atoms with E-state index in [0.717, 1.165) is 17.8 Å². The summed E-state index contributed by atoms with van der Waals surface area (Å²) in [6.45, 7) is 15.8. The summed E-state index contributed by atoms with van der Waals surface area (Å²) >= 11 is 0. The van der Waals surface area contributed by atoms with Crippen LogP contribution in [0.25, 0.3) is 10.9 Å². The second-order valence-corrected chi connectivity index (χ2v) is 14.8. The lowest BCUT2D eigenvalue weighted by Gasteiger charge is -2.12. The topological polar surface area (TPSA) is 27.1 Å². The molecule has 4 aromatic rings. The Labute approximate surface area is 293 Å². The minimum Gasteiger partial charge on any atom is -0.304 e. The summed E-state index contributed by atoms with van der Waals surface area (Å²) in [6, 6.07) is 23.2. The molecule has 2 aliphatic carbocycles. The molecule has 0 radical (unpaired) electrons. The maximum absolute atomic E-state index is 4.53. The highest BCUT2D eigenvalue weighted by Crippen LogP contribution is 2.30. The Bertz CT molecular complexity index is 1580. The highest BCUT2D eigenvalue weighted by atomic mass is 15.1. The summed E-state index contributed by atoms with van der Waals surface area (Å²) in [7, 11) is 8.65. The van der Waals surface area contributed by atoms with E-state index in [1.54, 1.807) is 11.3 Å². The molecule has 3 atom stereocenters. The van der Waals surface area contributed by atoms with Crippen LogP contribution in [0, 0.1) is 20.8 Å².